The summed E-state index contributed by atoms with van der Waals surface area (Å²) in [5, 5.41) is 2.91. The van der Waals surface area contributed by atoms with Gasteiger partial charge in [-0.3, -0.25) is 4.79 Å². The smallest absolute Gasteiger partial charge is 0.407 e. The summed E-state index contributed by atoms with van der Waals surface area (Å²) in [6.07, 6.45) is 4.67. The van der Waals surface area contributed by atoms with Gasteiger partial charge in [0.1, 0.15) is 6.61 Å². The second-order valence-electron chi connectivity index (χ2n) is 6.44. The highest BCUT2D eigenvalue weighted by atomic mass is 16.5. The van der Waals surface area contributed by atoms with Crippen molar-refractivity contribution in [3.8, 4) is 0 Å². The van der Waals surface area contributed by atoms with Gasteiger partial charge in [0.25, 0.3) is 0 Å². The topological polar surface area (TPSA) is 58.6 Å². The molecule has 5 nitrogen and oxygen atoms in total. The maximum Gasteiger partial charge on any atom is 0.407 e. The first-order valence-corrected chi connectivity index (χ1v) is 7.93. The first-order valence-electron chi connectivity index (χ1n) is 7.93. The first-order chi connectivity index (χ1) is 11.1. The van der Waals surface area contributed by atoms with Crippen LogP contribution in [0.2, 0.25) is 0 Å². The fourth-order valence-corrected chi connectivity index (χ4v) is 3.55. The number of rotatable bonds is 4. The molecule has 2 aliphatic rings. The molecule has 0 spiro atoms. The number of hydrogen-bond acceptors (Lipinski definition) is 3. The highest BCUT2D eigenvalue weighted by Gasteiger charge is 2.49. The zero-order valence-electron chi connectivity index (χ0n) is 13.4. The van der Waals surface area contributed by atoms with E-state index in [0.29, 0.717) is 0 Å². The molecule has 1 aromatic carbocycles. The van der Waals surface area contributed by atoms with Crippen molar-refractivity contribution in [3.63, 3.8) is 0 Å². The van der Waals surface area contributed by atoms with Gasteiger partial charge in [0.15, 0.2) is 0 Å². The summed E-state index contributed by atoms with van der Waals surface area (Å²) < 4.78 is 5.29. The number of carbonyl (C=O) groups excluding carboxylic acids is 2. The molecule has 1 N–H and O–H groups in total. The van der Waals surface area contributed by atoms with Gasteiger partial charge < -0.3 is 15.0 Å². The lowest BCUT2D eigenvalue weighted by Gasteiger charge is -2.29. The van der Waals surface area contributed by atoms with Crippen LogP contribution in [0.25, 0.3) is 0 Å². The Morgan fingerprint density at radius 1 is 1.17 bits per heavy atom. The number of ether oxygens (including phenoxy) is 1. The summed E-state index contributed by atoms with van der Waals surface area (Å²) in [5.41, 5.74) is 0.941. The third kappa shape index (κ3) is 3.23. The van der Waals surface area contributed by atoms with E-state index in [9.17, 15) is 9.59 Å². The van der Waals surface area contributed by atoms with Gasteiger partial charge in [-0.15, -0.1) is 0 Å². The minimum atomic E-state index is -0.462. The van der Waals surface area contributed by atoms with Crippen LogP contribution >= 0.6 is 0 Å². The van der Waals surface area contributed by atoms with E-state index in [-0.39, 0.29) is 36.3 Å². The number of nitrogens with zero attached hydrogens (tertiary/aromatic N) is 1. The molecule has 1 fully saturated rings. The maximum absolute atomic E-state index is 12.4. The van der Waals surface area contributed by atoms with E-state index in [1.54, 1.807) is 19.0 Å². The number of amides is 2. The Balaban J connectivity index is 1.60. The molecular formula is C18H22N2O3. The molecule has 2 amide bonds. The number of nitrogens with one attached hydrogen (secondary N) is 1. The van der Waals surface area contributed by atoms with E-state index in [0.717, 1.165) is 12.0 Å². The Bertz CT molecular complexity index is 612. The molecule has 1 aromatic rings. The molecule has 3 rings (SSSR count). The molecule has 2 bridgehead atoms. The maximum atomic E-state index is 12.4. The summed E-state index contributed by atoms with van der Waals surface area (Å²) in [7, 11) is 3.51. The number of benzene rings is 1. The number of allylic oxidation sites excluding steroid dienone is 1. The van der Waals surface area contributed by atoms with Crippen molar-refractivity contribution in [1.29, 1.82) is 0 Å². The second kappa shape index (κ2) is 6.44. The van der Waals surface area contributed by atoms with Crippen molar-refractivity contribution >= 4 is 12.0 Å². The Morgan fingerprint density at radius 2 is 1.87 bits per heavy atom. The number of carbonyl (C=O) groups is 2. The molecule has 2 aliphatic carbocycles. The molecule has 0 aromatic heterocycles. The van der Waals surface area contributed by atoms with Gasteiger partial charge in [0.2, 0.25) is 5.91 Å². The molecule has 1 saturated carbocycles. The van der Waals surface area contributed by atoms with E-state index in [1.807, 2.05) is 30.3 Å². The van der Waals surface area contributed by atoms with Crippen LogP contribution in [-0.4, -0.2) is 37.0 Å². The molecule has 0 heterocycles. The second-order valence-corrected chi connectivity index (χ2v) is 6.44. The predicted octanol–water partition coefficient (Wildman–Crippen LogP) is 2.19. The molecule has 122 valence electrons. The van der Waals surface area contributed by atoms with Crippen LogP contribution in [0.5, 0.6) is 0 Å². The summed E-state index contributed by atoms with van der Waals surface area (Å²) in [5.74, 6) is 0.312. The third-order valence-electron chi connectivity index (χ3n) is 4.68. The molecule has 4 atom stereocenters. The monoisotopic (exact) mass is 314 g/mol. The highest BCUT2D eigenvalue weighted by Crippen LogP contribution is 2.44. The number of fused-ring (bicyclic) bond motifs is 2. The molecule has 2 unspecified atom stereocenters. The summed E-state index contributed by atoms with van der Waals surface area (Å²) >= 11 is 0. The van der Waals surface area contributed by atoms with Crippen molar-refractivity contribution in [3.05, 3.63) is 48.0 Å². The molecule has 0 radical (unpaired) electrons. The van der Waals surface area contributed by atoms with Crippen molar-refractivity contribution in [1.82, 2.24) is 10.2 Å². The van der Waals surface area contributed by atoms with Crippen molar-refractivity contribution < 1.29 is 14.3 Å². The van der Waals surface area contributed by atoms with Crippen LogP contribution in [0.3, 0.4) is 0 Å². The fourth-order valence-electron chi connectivity index (χ4n) is 3.55. The lowest BCUT2D eigenvalue weighted by Crippen LogP contribution is -2.48. The van der Waals surface area contributed by atoms with Crippen LogP contribution < -0.4 is 5.32 Å². The Hall–Kier alpha value is -2.30. The Morgan fingerprint density at radius 3 is 2.57 bits per heavy atom. The van der Waals surface area contributed by atoms with Gasteiger partial charge in [0, 0.05) is 14.1 Å². The Labute approximate surface area is 136 Å². The van der Waals surface area contributed by atoms with E-state index in [4.69, 9.17) is 4.74 Å². The van der Waals surface area contributed by atoms with Crippen molar-refractivity contribution in [2.45, 2.75) is 19.1 Å². The number of hydrogen-bond donors (Lipinski definition) is 1. The first kappa shape index (κ1) is 15.6. The highest BCUT2D eigenvalue weighted by molar-refractivity contribution is 5.81. The van der Waals surface area contributed by atoms with Gasteiger partial charge in [-0.05, 0) is 23.8 Å². The van der Waals surface area contributed by atoms with E-state index < -0.39 is 6.09 Å². The number of alkyl carbamates (subject to hydrolysis) is 1. The van der Waals surface area contributed by atoms with Gasteiger partial charge in [0.05, 0.1) is 12.0 Å². The van der Waals surface area contributed by atoms with E-state index in [2.05, 4.69) is 17.5 Å². The van der Waals surface area contributed by atoms with Crippen LogP contribution in [-0.2, 0) is 16.1 Å². The lowest BCUT2D eigenvalue weighted by molar-refractivity contribution is -0.134. The van der Waals surface area contributed by atoms with Crippen LogP contribution in [0.4, 0.5) is 4.79 Å². The normalized spacial score (nSPS) is 27.7. The zero-order valence-corrected chi connectivity index (χ0v) is 13.4. The van der Waals surface area contributed by atoms with Crippen molar-refractivity contribution in [2.24, 2.45) is 17.8 Å². The third-order valence-corrected chi connectivity index (χ3v) is 4.68. The molecule has 5 heteroatoms. The summed E-state index contributed by atoms with van der Waals surface area (Å²) in [4.78, 5) is 26.1. The SMILES string of the molecule is CN(C)C(=O)[C@@H]1C2C=CC(C2)[C@H]1NC(=O)OCc1ccccc1. The summed E-state index contributed by atoms with van der Waals surface area (Å²) in [6.45, 7) is 0.232. The predicted molar refractivity (Wildman–Crippen MR) is 86.5 cm³/mol. The molecule has 0 saturated heterocycles. The average Bonchev–Trinajstić information content (AvgIpc) is 3.14. The fraction of sp³-hybridized carbons (Fsp3) is 0.444. The lowest BCUT2D eigenvalue weighted by atomic mass is 9.88. The minimum absolute atomic E-state index is 0.0650. The largest absolute Gasteiger partial charge is 0.445 e. The van der Waals surface area contributed by atoms with Gasteiger partial charge >= 0.3 is 6.09 Å². The molecule has 23 heavy (non-hydrogen) atoms. The average molecular weight is 314 g/mol. The van der Waals surface area contributed by atoms with Gasteiger partial charge in [-0.25, -0.2) is 4.79 Å². The minimum Gasteiger partial charge on any atom is -0.445 e. The van der Waals surface area contributed by atoms with Gasteiger partial charge in [-0.2, -0.15) is 0 Å². The van der Waals surface area contributed by atoms with Crippen LogP contribution in [0.15, 0.2) is 42.5 Å². The van der Waals surface area contributed by atoms with E-state index in [1.165, 1.54) is 0 Å². The standard InChI is InChI=1S/C18H22N2O3/c1-20(2)17(21)15-13-8-9-14(10-13)16(15)19-18(22)23-11-12-6-4-3-5-7-12/h3-9,13-16H,10-11H2,1-2H3,(H,19,22)/t13?,14?,15-,16-/m1/s1. The van der Waals surface area contributed by atoms with E-state index >= 15 is 0 Å². The van der Waals surface area contributed by atoms with Crippen LogP contribution in [0.1, 0.15) is 12.0 Å². The van der Waals surface area contributed by atoms with Gasteiger partial charge in [-0.1, -0.05) is 42.5 Å². The zero-order chi connectivity index (χ0) is 16.4. The van der Waals surface area contributed by atoms with Crippen molar-refractivity contribution in [2.75, 3.05) is 14.1 Å². The quantitative estimate of drug-likeness (QED) is 0.867. The Kier molecular flexibility index (Phi) is 4.37. The molecule has 0 aliphatic heterocycles. The molecular weight excluding hydrogens is 292 g/mol. The van der Waals surface area contributed by atoms with Crippen LogP contribution in [0, 0.1) is 17.8 Å². The summed E-state index contributed by atoms with van der Waals surface area (Å²) in [6, 6.07) is 9.37.